The summed E-state index contributed by atoms with van der Waals surface area (Å²) < 4.78 is 40.5. The maximum absolute atomic E-state index is 13.3. The van der Waals surface area contributed by atoms with Crippen molar-refractivity contribution in [1.29, 1.82) is 0 Å². The minimum atomic E-state index is -4.09. The van der Waals surface area contributed by atoms with Crippen molar-refractivity contribution in [3.63, 3.8) is 0 Å². The van der Waals surface area contributed by atoms with Crippen molar-refractivity contribution in [3.05, 3.63) is 94.2 Å². The fraction of sp³-hybridized carbons (Fsp3) is 0.0909. The number of anilines is 1. The molecule has 3 aromatic carbocycles. The summed E-state index contributed by atoms with van der Waals surface area (Å²) in [6, 6.07) is 17.5. The second-order valence-corrected chi connectivity index (χ2v) is 9.34. The van der Waals surface area contributed by atoms with Crippen LogP contribution < -0.4 is 9.73 Å². The molecule has 0 saturated heterocycles. The van der Waals surface area contributed by atoms with Gasteiger partial charge in [-0.15, -0.1) is 0 Å². The summed E-state index contributed by atoms with van der Waals surface area (Å²) in [7, 11) is -4.09. The molecule has 0 radical (unpaired) electrons. The van der Waals surface area contributed by atoms with Gasteiger partial charge in [-0.1, -0.05) is 53.5 Å². The van der Waals surface area contributed by atoms with Crippen LogP contribution in [0, 0.1) is 5.82 Å². The molecule has 0 heterocycles. The normalized spacial score (nSPS) is 11.8. The first-order valence-corrected chi connectivity index (χ1v) is 11.5. The summed E-state index contributed by atoms with van der Waals surface area (Å²) >= 11 is 12.0. The fourth-order valence-corrected chi connectivity index (χ4v) is 4.47. The number of nitrogens with one attached hydrogen (secondary N) is 1. The van der Waals surface area contributed by atoms with Gasteiger partial charge < -0.3 is 0 Å². The van der Waals surface area contributed by atoms with E-state index < -0.39 is 28.3 Å². The van der Waals surface area contributed by atoms with Gasteiger partial charge in [0, 0.05) is 0 Å². The Hall–Kier alpha value is -2.94. The molecule has 32 heavy (non-hydrogen) atoms. The Balaban J connectivity index is 1.88. The highest BCUT2D eigenvalue weighted by atomic mass is 35.5. The van der Waals surface area contributed by atoms with Crippen LogP contribution in [0.3, 0.4) is 0 Å². The first-order valence-electron chi connectivity index (χ1n) is 9.30. The quantitative estimate of drug-likeness (QED) is 0.376. The monoisotopic (exact) mass is 493 g/mol. The number of amides is 1. The zero-order chi connectivity index (χ0) is 23.3. The largest absolute Gasteiger partial charge is 0.271 e. The predicted molar refractivity (Wildman–Crippen MR) is 124 cm³/mol. The molecule has 0 aliphatic heterocycles. The third-order valence-electron chi connectivity index (χ3n) is 4.42. The average molecular weight is 494 g/mol. The number of carbonyl (C=O) groups excluding carboxylic acids is 1. The molecule has 0 fully saturated rings. The van der Waals surface area contributed by atoms with Gasteiger partial charge >= 0.3 is 0 Å². The number of hydrogen-bond acceptors (Lipinski definition) is 4. The maximum Gasteiger partial charge on any atom is 0.264 e. The second kappa shape index (κ2) is 10.1. The van der Waals surface area contributed by atoms with Crippen molar-refractivity contribution < 1.29 is 17.6 Å². The average Bonchev–Trinajstić information content (AvgIpc) is 2.78. The molecule has 1 amide bonds. The highest BCUT2D eigenvalue weighted by Gasteiger charge is 2.27. The van der Waals surface area contributed by atoms with Crippen LogP contribution in [-0.4, -0.2) is 26.6 Å². The van der Waals surface area contributed by atoms with Crippen LogP contribution in [0.4, 0.5) is 10.1 Å². The molecule has 0 bridgehead atoms. The van der Waals surface area contributed by atoms with Gasteiger partial charge in [-0.3, -0.25) is 9.10 Å². The number of hydrazone groups is 1. The van der Waals surface area contributed by atoms with Crippen molar-refractivity contribution >= 4 is 50.5 Å². The Kier molecular flexibility index (Phi) is 7.50. The molecule has 3 aromatic rings. The topological polar surface area (TPSA) is 78.8 Å². The molecular formula is C22H18Cl2FN3O3S. The van der Waals surface area contributed by atoms with Crippen molar-refractivity contribution in [2.75, 3.05) is 10.8 Å². The summed E-state index contributed by atoms with van der Waals surface area (Å²) in [6.07, 6.45) is 0. The zero-order valence-electron chi connectivity index (χ0n) is 16.8. The Morgan fingerprint density at radius 1 is 1.00 bits per heavy atom. The number of carbonyl (C=O) groups is 1. The SMILES string of the molecule is C/C(=N/NC(=O)CN(c1ccc(Cl)c(Cl)c1)S(=O)(=O)c1ccccc1)c1ccc(F)cc1. The molecule has 0 atom stereocenters. The van der Waals surface area contributed by atoms with Crippen LogP contribution in [0.25, 0.3) is 0 Å². The lowest BCUT2D eigenvalue weighted by molar-refractivity contribution is -0.119. The Morgan fingerprint density at radius 2 is 1.66 bits per heavy atom. The lowest BCUT2D eigenvalue weighted by Gasteiger charge is -2.24. The van der Waals surface area contributed by atoms with Gasteiger partial charge in [-0.2, -0.15) is 5.10 Å². The standard InChI is InChI=1S/C22H18Cl2FN3O3S/c1-15(16-7-9-17(25)10-8-16)26-27-22(29)14-28(18-11-12-20(23)21(24)13-18)32(30,31)19-5-3-2-4-6-19/h2-13H,14H2,1H3,(H,27,29)/b26-15-. The number of sulfonamides is 1. The Morgan fingerprint density at radius 3 is 2.28 bits per heavy atom. The van der Waals surface area contributed by atoms with Gasteiger partial charge in [0.15, 0.2) is 0 Å². The van der Waals surface area contributed by atoms with Gasteiger partial charge in [0.05, 0.1) is 26.3 Å². The summed E-state index contributed by atoms with van der Waals surface area (Å²) in [5.41, 5.74) is 3.52. The second-order valence-electron chi connectivity index (χ2n) is 6.66. The van der Waals surface area contributed by atoms with Gasteiger partial charge in [-0.25, -0.2) is 18.2 Å². The third kappa shape index (κ3) is 5.64. The van der Waals surface area contributed by atoms with Crippen molar-refractivity contribution in [1.82, 2.24) is 5.43 Å². The number of nitrogens with zero attached hydrogens (tertiary/aromatic N) is 2. The van der Waals surface area contributed by atoms with E-state index in [4.69, 9.17) is 23.2 Å². The first-order chi connectivity index (χ1) is 15.2. The van der Waals surface area contributed by atoms with Crippen LogP contribution in [-0.2, 0) is 14.8 Å². The molecular weight excluding hydrogens is 476 g/mol. The summed E-state index contributed by atoms with van der Waals surface area (Å²) in [6.45, 7) is 1.07. The lowest BCUT2D eigenvalue weighted by Crippen LogP contribution is -2.39. The van der Waals surface area contributed by atoms with E-state index in [9.17, 15) is 17.6 Å². The molecule has 6 nitrogen and oxygen atoms in total. The smallest absolute Gasteiger partial charge is 0.264 e. The molecule has 0 aliphatic carbocycles. The molecule has 1 N–H and O–H groups in total. The van der Waals surface area contributed by atoms with Crippen LogP contribution in [0.15, 0.2) is 82.8 Å². The van der Waals surface area contributed by atoms with Crippen molar-refractivity contribution in [2.24, 2.45) is 5.10 Å². The van der Waals surface area contributed by atoms with Crippen molar-refractivity contribution in [2.45, 2.75) is 11.8 Å². The molecule has 166 valence electrons. The first kappa shape index (κ1) is 23.7. The Bertz CT molecular complexity index is 1250. The number of halogens is 3. The maximum atomic E-state index is 13.3. The van der Waals surface area contributed by atoms with E-state index in [1.165, 1.54) is 54.6 Å². The molecule has 0 unspecified atom stereocenters. The number of rotatable bonds is 7. The summed E-state index contributed by atoms with van der Waals surface area (Å²) in [4.78, 5) is 12.6. The molecule has 0 aliphatic rings. The van der Waals surface area contributed by atoms with Crippen LogP contribution in [0.2, 0.25) is 10.0 Å². The molecule has 3 rings (SSSR count). The minimum Gasteiger partial charge on any atom is -0.271 e. The fourth-order valence-electron chi connectivity index (χ4n) is 2.74. The van der Waals surface area contributed by atoms with E-state index in [1.54, 1.807) is 25.1 Å². The van der Waals surface area contributed by atoms with Crippen LogP contribution in [0.5, 0.6) is 0 Å². The highest BCUT2D eigenvalue weighted by molar-refractivity contribution is 7.92. The van der Waals surface area contributed by atoms with Crippen LogP contribution in [0.1, 0.15) is 12.5 Å². The van der Waals surface area contributed by atoms with E-state index >= 15 is 0 Å². The highest BCUT2D eigenvalue weighted by Crippen LogP contribution is 2.30. The Labute approximate surface area is 195 Å². The molecule has 0 spiro atoms. The van der Waals surface area contributed by atoms with E-state index in [1.807, 2.05) is 0 Å². The van der Waals surface area contributed by atoms with E-state index in [-0.39, 0.29) is 20.6 Å². The summed E-state index contributed by atoms with van der Waals surface area (Å²) in [5, 5.41) is 4.37. The summed E-state index contributed by atoms with van der Waals surface area (Å²) in [5.74, 6) is -1.08. The van der Waals surface area contributed by atoms with E-state index in [0.717, 1.165) is 4.31 Å². The van der Waals surface area contributed by atoms with Crippen LogP contribution >= 0.6 is 23.2 Å². The molecule has 0 saturated carbocycles. The molecule has 0 aromatic heterocycles. The van der Waals surface area contributed by atoms with E-state index in [2.05, 4.69) is 10.5 Å². The molecule has 10 heteroatoms. The third-order valence-corrected chi connectivity index (χ3v) is 6.95. The number of hydrogen-bond donors (Lipinski definition) is 1. The minimum absolute atomic E-state index is 0.00451. The van der Waals surface area contributed by atoms with Gasteiger partial charge in [0.1, 0.15) is 12.4 Å². The van der Waals surface area contributed by atoms with Gasteiger partial charge in [-0.05, 0) is 55.0 Å². The zero-order valence-corrected chi connectivity index (χ0v) is 19.1. The van der Waals surface area contributed by atoms with Gasteiger partial charge in [0.2, 0.25) is 0 Å². The van der Waals surface area contributed by atoms with Gasteiger partial charge in [0.25, 0.3) is 15.9 Å². The van der Waals surface area contributed by atoms with Crippen molar-refractivity contribution in [3.8, 4) is 0 Å². The predicted octanol–water partition coefficient (Wildman–Crippen LogP) is 4.87. The number of benzene rings is 3. The lowest BCUT2D eigenvalue weighted by atomic mass is 10.1. The van der Waals surface area contributed by atoms with E-state index in [0.29, 0.717) is 11.3 Å².